The van der Waals surface area contributed by atoms with Crippen molar-refractivity contribution in [3.63, 3.8) is 0 Å². The lowest BCUT2D eigenvalue weighted by Crippen LogP contribution is -2.34. The van der Waals surface area contributed by atoms with Crippen molar-refractivity contribution in [3.05, 3.63) is 53.3 Å². The summed E-state index contributed by atoms with van der Waals surface area (Å²) in [6, 6.07) is 11.4. The number of hydrogen-bond donors (Lipinski definition) is 1. The number of rotatable bonds is 4. The average molecular weight is 381 g/mol. The molecule has 3 rings (SSSR count). The van der Waals surface area contributed by atoms with E-state index < -0.39 is 21.1 Å². The monoisotopic (exact) mass is 380 g/mol. The minimum atomic E-state index is -4.34. The van der Waals surface area contributed by atoms with Crippen LogP contribution in [0.25, 0.3) is 5.65 Å². The molecular formula is C15H13ClN4O4S. The molecule has 0 aliphatic rings. The number of carbonyl (C=O) groups is 1. The molecule has 0 bridgehead atoms. The molecule has 0 unspecified atom stereocenters. The number of nitrogens with one attached hydrogen (secondary N) is 1. The molecule has 1 amide bonds. The SMILES string of the molecule is CCc1ccc2nc(Cl)c(S(=O)(=O)NC(=O)Oc3ccccc3)n2n1. The van der Waals surface area contributed by atoms with Crippen LogP contribution in [-0.4, -0.2) is 29.1 Å². The van der Waals surface area contributed by atoms with Gasteiger partial charge in [-0.1, -0.05) is 36.7 Å². The summed E-state index contributed by atoms with van der Waals surface area (Å²) in [7, 11) is -4.34. The highest BCUT2D eigenvalue weighted by molar-refractivity contribution is 7.90. The van der Waals surface area contributed by atoms with Crippen molar-refractivity contribution >= 4 is 33.4 Å². The number of aromatic nitrogens is 3. The van der Waals surface area contributed by atoms with Gasteiger partial charge in [0.2, 0.25) is 5.03 Å². The minimum Gasteiger partial charge on any atom is -0.410 e. The van der Waals surface area contributed by atoms with Crippen LogP contribution >= 0.6 is 11.6 Å². The fraction of sp³-hybridized carbons (Fsp3) is 0.133. The van der Waals surface area contributed by atoms with E-state index in [1.54, 1.807) is 35.1 Å². The normalized spacial score (nSPS) is 11.4. The molecule has 0 saturated carbocycles. The Kier molecular flexibility index (Phi) is 4.60. The number of benzene rings is 1. The summed E-state index contributed by atoms with van der Waals surface area (Å²) in [5.74, 6) is 0.200. The number of para-hydroxylation sites is 1. The number of imidazole rings is 1. The lowest BCUT2D eigenvalue weighted by molar-refractivity contribution is 0.206. The third-order valence-electron chi connectivity index (χ3n) is 3.24. The van der Waals surface area contributed by atoms with E-state index in [1.165, 1.54) is 12.1 Å². The quantitative estimate of drug-likeness (QED) is 0.745. The number of aryl methyl sites for hydroxylation is 1. The zero-order chi connectivity index (χ0) is 18.0. The van der Waals surface area contributed by atoms with Gasteiger partial charge in [-0.25, -0.2) is 14.5 Å². The Morgan fingerprint density at radius 3 is 2.64 bits per heavy atom. The van der Waals surface area contributed by atoms with Crippen LogP contribution in [0.4, 0.5) is 4.79 Å². The van der Waals surface area contributed by atoms with Crippen molar-refractivity contribution < 1.29 is 17.9 Å². The van der Waals surface area contributed by atoms with Crippen LogP contribution in [0, 0.1) is 0 Å². The van der Waals surface area contributed by atoms with Crippen LogP contribution in [0.5, 0.6) is 5.75 Å². The number of fused-ring (bicyclic) bond motifs is 1. The van der Waals surface area contributed by atoms with Crippen molar-refractivity contribution in [2.75, 3.05) is 0 Å². The van der Waals surface area contributed by atoms with Crippen molar-refractivity contribution in [2.45, 2.75) is 18.4 Å². The fourth-order valence-electron chi connectivity index (χ4n) is 2.11. The van der Waals surface area contributed by atoms with E-state index in [0.717, 1.165) is 4.52 Å². The van der Waals surface area contributed by atoms with Crippen LogP contribution in [0.2, 0.25) is 5.15 Å². The average Bonchev–Trinajstić information content (AvgIpc) is 2.90. The van der Waals surface area contributed by atoms with Crippen LogP contribution < -0.4 is 9.46 Å². The first kappa shape index (κ1) is 17.2. The third kappa shape index (κ3) is 3.57. The number of carbonyl (C=O) groups excluding carboxylic acids is 1. The van der Waals surface area contributed by atoms with Crippen LogP contribution in [0.1, 0.15) is 12.6 Å². The summed E-state index contributed by atoms with van der Waals surface area (Å²) in [6.07, 6.45) is -0.571. The molecule has 1 aromatic carbocycles. The second kappa shape index (κ2) is 6.69. The predicted molar refractivity (Wildman–Crippen MR) is 90.2 cm³/mol. The standard InChI is InChI=1S/C15H13ClN4O4S/c1-2-10-8-9-12-17-13(16)14(20(12)18-10)25(22,23)19-15(21)24-11-6-4-3-5-7-11/h3-9H,2H2,1H3,(H,19,21). The molecule has 0 radical (unpaired) electrons. The smallest absolute Gasteiger partial charge is 0.410 e. The molecule has 8 nitrogen and oxygen atoms in total. The second-order valence-electron chi connectivity index (χ2n) is 4.96. The molecule has 2 aromatic heterocycles. The van der Waals surface area contributed by atoms with Crippen LogP contribution in [0.15, 0.2) is 47.5 Å². The number of hydrogen-bond acceptors (Lipinski definition) is 6. The van der Waals surface area contributed by atoms with Gasteiger partial charge in [0, 0.05) is 0 Å². The molecule has 1 N–H and O–H groups in total. The van der Waals surface area contributed by atoms with Gasteiger partial charge in [0.05, 0.1) is 5.69 Å². The predicted octanol–water partition coefficient (Wildman–Crippen LogP) is 2.42. The molecule has 0 aliphatic heterocycles. The maximum Gasteiger partial charge on any atom is 0.426 e. The van der Waals surface area contributed by atoms with E-state index >= 15 is 0 Å². The molecule has 130 valence electrons. The number of halogens is 1. The van der Waals surface area contributed by atoms with Gasteiger partial charge in [0.1, 0.15) is 5.75 Å². The van der Waals surface area contributed by atoms with Gasteiger partial charge in [0.25, 0.3) is 10.0 Å². The van der Waals surface area contributed by atoms with Gasteiger partial charge in [-0.2, -0.15) is 18.0 Å². The zero-order valence-electron chi connectivity index (χ0n) is 13.0. The molecule has 10 heteroatoms. The Balaban J connectivity index is 1.93. The Morgan fingerprint density at radius 2 is 1.96 bits per heavy atom. The lowest BCUT2D eigenvalue weighted by Gasteiger charge is -2.08. The Morgan fingerprint density at radius 1 is 1.24 bits per heavy atom. The van der Waals surface area contributed by atoms with Crippen LogP contribution in [-0.2, 0) is 16.4 Å². The highest BCUT2D eigenvalue weighted by atomic mass is 35.5. The van der Waals surface area contributed by atoms with E-state index in [0.29, 0.717) is 12.1 Å². The third-order valence-corrected chi connectivity index (χ3v) is 4.93. The maximum absolute atomic E-state index is 12.5. The van der Waals surface area contributed by atoms with Crippen molar-refractivity contribution in [1.82, 2.24) is 19.3 Å². The molecule has 0 aliphatic carbocycles. The van der Waals surface area contributed by atoms with Gasteiger partial charge in [-0.3, -0.25) is 0 Å². The maximum atomic E-state index is 12.5. The molecule has 3 aromatic rings. The lowest BCUT2D eigenvalue weighted by atomic mass is 10.3. The Hall–Kier alpha value is -2.65. The first-order valence-corrected chi connectivity index (χ1v) is 9.10. The Labute approximate surface area is 148 Å². The van der Waals surface area contributed by atoms with Gasteiger partial charge >= 0.3 is 6.09 Å². The molecule has 0 atom stereocenters. The van der Waals surface area contributed by atoms with Gasteiger partial charge < -0.3 is 4.74 Å². The summed E-state index contributed by atoms with van der Waals surface area (Å²) in [4.78, 5) is 15.8. The highest BCUT2D eigenvalue weighted by Crippen LogP contribution is 2.22. The van der Waals surface area contributed by atoms with Gasteiger partial charge in [0.15, 0.2) is 10.8 Å². The molecule has 2 heterocycles. The van der Waals surface area contributed by atoms with E-state index in [1.807, 2.05) is 6.92 Å². The first-order chi connectivity index (χ1) is 11.9. The summed E-state index contributed by atoms with van der Waals surface area (Å²) in [5, 5.41) is 3.45. The van der Waals surface area contributed by atoms with Crippen LogP contribution in [0.3, 0.4) is 0 Å². The largest absolute Gasteiger partial charge is 0.426 e. The molecule has 0 fully saturated rings. The van der Waals surface area contributed by atoms with E-state index in [4.69, 9.17) is 16.3 Å². The molecule has 25 heavy (non-hydrogen) atoms. The molecule has 0 saturated heterocycles. The topological polar surface area (TPSA) is 103 Å². The van der Waals surface area contributed by atoms with Gasteiger partial charge in [-0.05, 0) is 30.7 Å². The van der Waals surface area contributed by atoms with E-state index in [-0.39, 0.29) is 16.5 Å². The van der Waals surface area contributed by atoms with Gasteiger partial charge in [-0.15, -0.1) is 0 Å². The summed E-state index contributed by atoms with van der Waals surface area (Å²) >= 11 is 5.95. The van der Waals surface area contributed by atoms with Crippen molar-refractivity contribution in [1.29, 1.82) is 0 Å². The van der Waals surface area contributed by atoms with E-state index in [2.05, 4.69) is 10.1 Å². The molecule has 0 spiro atoms. The first-order valence-electron chi connectivity index (χ1n) is 7.24. The number of amides is 1. The second-order valence-corrected chi connectivity index (χ2v) is 6.92. The summed E-state index contributed by atoms with van der Waals surface area (Å²) in [6.45, 7) is 1.87. The summed E-state index contributed by atoms with van der Waals surface area (Å²) in [5.41, 5.74) is 0.892. The minimum absolute atomic E-state index is 0.200. The number of sulfonamides is 1. The zero-order valence-corrected chi connectivity index (χ0v) is 14.6. The highest BCUT2D eigenvalue weighted by Gasteiger charge is 2.28. The number of ether oxygens (including phenoxy) is 1. The fourth-order valence-corrected chi connectivity index (χ4v) is 3.57. The van der Waals surface area contributed by atoms with Crippen molar-refractivity contribution in [2.24, 2.45) is 0 Å². The van der Waals surface area contributed by atoms with E-state index in [9.17, 15) is 13.2 Å². The van der Waals surface area contributed by atoms with Crippen molar-refractivity contribution in [3.8, 4) is 5.75 Å². The number of nitrogens with zero attached hydrogens (tertiary/aromatic N) is 3. The molecular weight excluding hydrogens is 368 g/mol. The Bertz CT molecular complexity index is 1030. The summed E-state index contributed by atoms with van der Waals surface area (Å²) < 4.78 is 32.9.